The maximum absolute atomic E-state index is 12.1. The van der Waals surface area contributed by atoms with E-state index in [2.05, 4.69) is 11.6 Å². The van der Waals surface area contributed by atoms with Crippen molar-refractivity contribution >= 4 is 11.4 Å². The Bertz CT molecular complexity index is 194. The normalized spacial score (nSPS) is 23.8. The van der Waals surface area contributed by atoms with Gasteiger partial charge < -0.3 is 4.55 Å². The first-order valence-corrected chi connectivity index (χ1v) is 7.24. The van der Waals surface area contributed by atoms with Gasteiger partial charge in [-0.25, -0.2) is 0 Å². The van der Waals surface area contributed by atoms with Gasteiger partial charge in [-0.15, -0.1) is 4.72 Å². The first-order chi connectivity index (χ1) is 6.90. The number of hydrogen-bond donors (Lipinski definition) is 1. The van der Waals surface area contributed by atoms with Crippen LogP contribution in [-0.4, -0.2) is 14.8 Å². The van der Waals surface area contributed by atoms with Gasteiger partial charge in [0, 0.05) is 11.4 Å². The largest absolute Gasteiger partial charge is 0.598 e. The molecule has 1 atom stereocenters. The third-order valence-electron chi connectivity index (χ3n) is 3.35. The van der Waals surface area contributed by atoms with E-state index in [1.807, 2.05) is 20.8 Å². The summed E-state index contributed by atoms with van der Waals surface area (Å²) >= 11 is -0.924. The quantitative estimate of drug-likeness (QED) is 0.757. The molecule has 0 unspecified atom stereocenters. The molecule has 1 N–H and O–H groups in total. The van der Waals surface area contributed by atoms with Crippen LogP contribution in [0, 0.1) is 0 Å². The van der Waals surface area contributed by atoms with Gasteiger partial charge >= 0.3 is 0 Å². The van der Waals surface area contributed by atoms with Crippen LogP contribution in [-0.2, 0) is 11.4 Å². The predicted octanol–water partition coefficient (Wildman–Crippen LogP) is 3.15. The smallest absolute Gasteiger partial charge is 0.136 e. The van der Waals surface area contributed by atoms with Crippen LogP contribution in [0.25, 0.3) is 0 Å². The molecule has 0 amide bonds. The molecule has 1 fully saturated rings. The minimum absolute atomic E-state index is 0.149. The van der Waals surface area contributed by atoms with Gasteiger partial charge in [-0.1, -0.05) is 26.2 Å². The van der Waals surface area contributed by atoms with Gasteiger partial charge in [0.1, 0.15) is 4.75 Å². The van der Waals surface area contributed by atoms with Crippen molar-refractivity contribution in [2.45, 2.75) is 76.5 Å². The van der Waals surface area contributed by atoms with E-state index in [9.17, 15) is 4.55 Å². The maximum Gasteiger partial charge on any atom is 0.136 e. The van der Waals surface area contributed by atoms with Crippen molar-refractivity contribution in [3.8, 4) is 0 Å². The third kappa shape index (κ3) is 3.65. The molecule has 0 aliphatic heterocycles. The van der Waals surface area contributed by atoms with Crippen molar-refractivity contribution in [3.05, 3.63) is 0 Å². The van der Waals surface area contributed by atoms with Crippen LogP contribution in [0.15, 0.2) is 0 Å². The van der Waals surface area contributed by atoms with Crippen LogP contribution in [0.3, 0.4) is 0 Å². The summed E-state index contributed by atoms with van der Waals surface area (Å²) in [6.07, 6.45) is 7.36. The average molecular weight is 231 g/mol. The van der Waals surface area contributed by atoms with Crippen LogP contribution in [0.4, 0.5) is 0 Å². The van der Waals surface area contributed by atoms with Crippen LogP contribution >= 0.6 is 0 Å². The zero-order valence-corrected chi connectivity index (χ0v) is 11.4. The monoisotopic (exact) mass is 231 g/mol. The van der Waals surface area contributed by atoms with Crippen LogP contribution in [0.1, 0.15) is 66.2 Å². The van der Waals surface area contributed by atoms with E-state index < -0.39 is 11.4 Å². The summed E-state index contributed by atoms with van der Waals surface area (Å²) in [5, 5.41) is 0. The molecule has 3 heteroatoms. The van der Waals surface area contributed by atoms with Crippen molar-refractivity contribution in [1.82, 2.24) is 4.72 Å². The summed E-state index contributed by atoms with van der Waals surface area (Å²) < 4.78 is 15.3. The Labute approximate surface area is 97.5 Å². The lowest BCUT2D eigenvalue weighted by Gasteiger charge is -2.39. The Balaban J connectivity index is 2.59. The summed E-state index contributed by atoms with van der Waals surface area (Å²) in [6, 6.07) is 0. The van der Waals surface area contributed by atoms with Gasteiger partial charge in [-0.2, -0.15) is 0 Å². The molecule has 0 aromatic rings. The van der Waals surface area contributed by atoms with E-state index in [0.717, 1.165) is 6.42 Å². The fourth-order valence-electron chi connectivity index (χ4n) is 2.11. The van der Waals surface area contributed by atoms with E-state index in [4.69, 9.17) is 0 Å². The van der Waals surface area contributed by atoms with E-state index in [1.54, 1.807) is 0 Å². The third-order valence-corrected chi connectivity index (χ3v) is 5.08. The topological polar surface area (TPSA) is 35.1 Å². The van der Waals surface area contributed by atoms with Gasteiger partial charge in [0.05, 0.1) is 5.54 Å². The molecule has 15 heavy (non-hydrogen) atoms. The highest BCUT2D eigenvalue weighted by Gasteiger charge is 2.38. The Morgan fingerprint density at radius 3 is 2.13 bits per heavy atom. The minimum Gasteiger partial charge on any atom is -0.598 e. The molecule has 1 aliphatic rings. The molecule has 0 bridgehead atoms. The molecule has 0 aromatic carbocycles. The number of rotatable bonds is 3. The summed E-state index contributed by atoms with van der Waals surface area (Å²) in [5.74, 6) is 0. The second-order valence-electron chi connectivity index (χ2n) is 5.68. The van der Waals surface area contributed by atoms with E-state index in [1.165, 1.54) is 32.1 Å². The molecular weight excluding hydrogens is 206 g/mol. The molecule has 1 rings (SSSR count). The minimum atomic E-state index is -0.924. The summed E-state index contributed by atoms with van der Waals surface area (Å²) in [4.78, 5) is 0. The lowest BCUT2D eigenvalue weighted by molar-refractivity contribution is 0.258. The molecule has 1 aliphatic carbocycles. The molecule has 0 saturated heterocycles. The SMILES string of the molecule is CCC1(N[S@@+]([O-])C(C)(C)C)CCCCC1. The molecule has 90 valence electrons. The van der Waals surface area contributed by atoms with Crippen LogP contribution in [0.2, 0.25) is 0 Å². The summed E-state index contributed by atoms with van der Waals surface area (Å²) in [7, 11) is 0. The first-order valence-electron chi connectivity index (χ1n) is 6.09. The molecule has 1 saturated carbocycles. The van der Waals surface area contributed by atoms with E-state index in [0.29, 0.717) is 0 Å². The van der Waals surface area contributed by atoms with Crippen molar-refractivity contribution in [3.63, 3.8) is 0 Å². The van der Waals surface area contributed by atoms with Gasteiger partial charge in [-0.05, 0) is 40.0 Å². The molecule has 0 spiro atoms. The van der Waals surface area contributed by atoms with Gasteiger partial charge in [0.15, 0.2) is 0 Å². The van der Waals surface area contributed by atoms with Crippen molar-refractivity contribution in [2.24, 2.45) is 0 Å². The highest BCUT2D eigenvalue weighted by Crippen LogP contribution is 2.32. The lowest BCUT2D eigenvalue weighted by atomic mass is 9.81. The van der Waals surface area contributed by atoms with Crippen molar-refractivity contribution in [1.29, 1.82) is 0 Å². The second kappa shape index (κ2) is 5.07. The average Bonchev–Trinajstić information content (AvgIpc) is 2.18. The van der Waals surface area contributed by atoms with Crippen LogP contribution < -0.4 is 4.72 Å². The fourth-order valence-corrected chi connectivity index (χ4v) is 3.15. The number of nitrogens with one attached hydrogen (secondary N) is 1. The van der Waals surface area contributed by atoms with E-state index in [-0.39, 0.29) is 10.3 Å². The van der Waals surface area contributed by atoms with E-state index >= 15 is 0 Å². The molecule has 0 aromatic heterocycles. The summed E-state index contributed by atoms with van der Waals surface area (Å²) in [6.45, 7) is 8.30. The maximum atomic E-state index is 12.1. The van der Waals surface area contributed by atoms with Gasteiger partial charge in [0.2, 0.25) is 0 Å². The fraction of sp³-hybridized carbons (Fsp3) is 1.00. The summed E-state index contributed by atoms with van der Waals surface area (Å²) in [5.41, 5.74) is 0.149. The molecule has 2 nitrogen and oxygen atoms in total. The van der Waals surface area contributed by atoms with Crippen molar-refractivity contribution in [2.75, 3.05) is 0 Å². The first kappa shape index (κ1) is 13.3. The zero-order chi connectivity index (χ0) is 11.5. The Morgan fingerprint density at radius 1 is 1.20 bits per heavy atom. The Morgan fingerprint density at radius 2 is 1.73 bits per heavy atom. The standard InChI is InChI=1S/C12H25NOS/c1-5-12(9-7-6-8-10-12)13-15(14)11(2,3)4/h13H,5-10H2,1-4H3/t15-/m0/s1. The molecule has 0 heterocycles. The predicted molar refractivity (Wildman–Crippen MR) is 67.1 cm³/mol. The lowest BCUT2D eigenvalue weighted by Crippen LogP contribution is -2.53. The highest BCUT2D eigenvalue weighted by molar-refractivity contribution is 7.90. The molecule has 0 radical (unpaired) electrons. The Hall–Kier alpha value is 0.270. The van der Waals surface area contributed by atoms with Gasteiger partial charge in [0.25, 0.3) is 0 Å². The van der Waals surface area contributed by atoms with Crippen molar-refractivity contribution < 1.29 is 4.55 Å². The van der Waals surface area contributed by atoms with Crippen LogP contribution in [0.5, 0.6) is 0 Å². The Kier molecular flexibility index (Phi) is 4.50. The highest BCUT2D eigenvalue weighted by atomic mass is 32.2. The van der Waals surface area contributed by atoms with Gasteiger partial charge in [-0.3, -0.25) is 0 Å². The zero-order valence-electron chi connectivity index (χ0n) is 10.6. The number of hydrogen-bond acceptors (Lipinski definition) is 2. The molecular formula is C12H25NOS. The second-order valence-corrected chi connectivity index (χ2v) is 7.64.